The molecule has 0 aromatic heterocycles. The highest BCUT2D eigenvalue weighted by Crippen LogP contribution is 2.28. The maximum absolute atomic E-state index is 11.8. The fourth-order valence-electron chi connectivity index (χ4n) is 3.30. The Morgan fingerprint density at radius 2 is 1.41 bits per heavy atom. The maximum atomic E-state index is 11.8. The quantitative estimate of drug-likeness (QED) is 0.298. The van der Waals surface area contributed by atoms with Crippen LogP contribution in [0.15, 0.2) is 30.3 Å². The van der Waals surface area contributed by atoms with Crippen LogP contribution in [0.3, 0.4) is 0 Å². The summed E-state index contributed by atoms with van der Waals surface area (Å²) < 4.78 is 27.1. The number of hydrogen-bond donors (Lipinski definition) is 2. The minimum absolute atomic E-state index is 0.157. The van der Waals surface area contributed by atoms with Crippen molar-refractivity contribution in [2.75, 3.05) is 6.61 Å². The summed E-state index contributed by atoms with van der Waals surface area (Å²) in [6.45, 7) is 4.76. The average molecular weight is 497 g/mol. The molecule has 0 amide bonds. The fourth-order valence-corrected chi connectivity index (χ4v) is 3.49. The van der Waals surface area contributed by atoms with Crippen molar-refractivity contribution in [3.05, 3.63) is 35.9 Å². The van der Waals surface area contributed by atoms with E-state index in [4.69, 9.17) is 35.9 Å². The summed E-state index contributed by atoms with van der Waals surface area (Å²) in [6.07, 6.45) is -5.92. The van der Waals surface area contributed by atoms with Gasteiger partial charge in [0.05, 0.1) is 0 Å². The lowest BCUT2D eigenvalue weighted by atomic mass is 9.97. The van der Waals surface area contributed by atoms with Crippen LogP contribution in [0.25, 0.3) is 0 Å². The Hall–Kier alpha value is -3.25. The zero-order valence-electron chi connectivity index (χ0n) is 19.3. The molecule has 1 heterocycles. The highest BCUT2D eigenvalue weighted by atomic mass is 32.1. The predicted molar refractivity (Wildman–Crippen MR) is 121 cm³/mol. The summed E-state index contributed by atoms with van der Waals surface area (Å²) >= 11 is 5.35. The molecule has 1 aliphatic heterocycles. The third kappa shape index (κ3) is 8.60. The summed E-state index contributed by atoms with van der Waals surface area (Å²) in [6, 6.07) is 9.46. The largest absolute Gasteiger partial charge is 0.463 e. The number of thiocarbonyl (C=S) groups is 1. The Labute approximate surface area is 202 Å². The minimum atomic E-state index is -1.27. The number of hydrogen-bond acceptors (Lipinski definition) is 10. The van der Waals surface area contributed by atoms with Crippen molar-refractivity contribution >= 4 is 41.2 Å². The number of nitrogens with one attached hydrogen (secondary N) is 2. The molecule has 1 aromatic carbocycles. The van der Waals surface area contributed by atoms with Crippen molar-refractivity contribution in [3.8, 4) is 0 Å². The molecule has 2 rings (SSSR count). The van der Waals surface area contributed by atoms with E-state index in [2.05, 4.69) is 10.6 Å². The zero-order chi connectivity index (χ0) is 25.3. The topological polar surface area (TPSA) is 138 Å². The summed E-state index contributed by atoms with van der Waals surface area (Å²) in [4.78, 5) is 46.8. The lowest BCUT2D eigenvalue weighted by Gasteiger charge is -2.44. The van der Waals surface area contributed by atoms with Crippen molar-refractivity contribution in [1.82, 2.24) is 10.6 Å². The number of ether oxygens (including phenoxy) is 5. The van der Waals surface area contributed by atoms with Crippen molar-refractivity contribution in [2.45, 2.75) is 64.9 Å². The Bertz CT molecular complexity index is 896. The van der Waals surface area contributed by atoms with Gasteiger partial charge >= 0.3 is 23.9 Å². The number of esters is 4. The van der Waals surface area contributed by atoms with E-state index in [0.717, 1.165) is 19.4 Å². The molecule has 0 unspecified atom stereocenters. The molecule has 1 aromatic rings. The molecule has 1 saturated heterocycles. The van der Waals surface area contributed by atoms with Crippen molar-refractivity contribution in [2.24, 2.45) is 0 Å². The fraction of sp³-hybridized carbons (Fsp3) is 0.500. The minimum Gasteiger partial charge on any atom is -0.463 e. The average Bonchev–Trinajstić information content (AvgIpc) is 2.75. The van der Waals surface area contributed by atoms with Gasteiger partial charge in [0.15, 0.2) is 29.7 Å². The molecule has 0 spiro atoms. The molecular formula is C22H28N2O9S. The molecule has 34 heavy (non-hydrogen) atoms. The third-order valence-electron chi connectivity index (χ3n) is 4.56. The molecule has 0 aliphatic carbocycles. The number of rotatable bonds is 8. The van der Waals surface area contributed by atoms with Crippen LogP contribution in [-0.4, -0.2) is 66.2 Å². The number of carbonyl (C=O) groups is 4. The van der Waals surface area contributed by atoms with Gasteiger partial charge in [-0.2, -0.15) is 0 Å². The van der Waals surface area contributed by atoms with Crippen molar-refractivity contribution < 1.29 is 42.9 Å². The molecule has 11 nitrogen and oxygen atoms in total. The second kappa shape index (κ2) is 12.8. The Morgan fingerprint density at radius 1 is 0.853 bits per heavy atom. The van der Waals surface area contributed by atoms with E-state index in [9.17, 15) is 19.2 Å². The van der Waals surface area contributed by atoms with Gasteiger partial charge in [-0.1, -0.05) is 30.3 Å². The second-order valence-corrected chi connectivity index (χ2v) is 7.84. The van der Waals surface area contributed by atoms with Gasteiger partial charge in [-0.05, 0) is 17.8 Å². The van der Waals surface area contributed by atoms with Gasteiger partial charge < -0.3 is 34.3 Å². The molecule has 2 N–H and O–H groups in total. The first-order valence-corrected chi connectivity index (χ1v) is 10.9. The molecule has 0 saturated carbocycles. The first kappa shape index (κ1) is 27.0. The molecule has 0 bridgehead atoms. The smallest absolute Gasteiger partial charge is 0.303 e. The van der Waals surface area contributed by atoms with Crippen LogP contribution in [0, 0.1) is 0 Å². The Kier molecular flexibility index (Phi) is 10.2. The van der Waals surface area contributed by atoms with Crippen LogP contribution >= 0.6 is 12.2 Å². The van der Waals surface area contributed by atoms with Crippen LogP contribution in [-0.2, 0) is 49.4 Å². The van der Waals surface area contributed by atoms with E-state index >= 15 is 0 Å². The van der Waals surface area contributed by atoms with E-state index in [1.807, 2.05) is 30.3 Å². The molecule has 1 aliphatic rings. The SMILES string of the molecule is CC(=O)OC[C@H]1O[C@@H](NC(=S)NCc2ccccc2)[C@@H](OC(C)=O)[C@@H](OC(C)=O)[C@@H]1OC(C)=O. The summed E-state index contributed by atoms with van der Waals surface area (Å²) in [5.41, 5.74) is 0.966. The number of carbonyl (C=O) groups excluding carboxylic acids is 4. The summed E-state index contributed by atoms with van der Waals surface area (Å²) in [5, 5.41) is 6.05. The van der Waals surface area contributed by atoms with E-state index < -0.39 is 54.5 Å². The first-order valence-electron chi connectivity index (χ1n) is 10.5. The van der Waals surface area contributed by atoms with E-state index in [1.54, 1.807) is 0 Å². The molecule has 0 radical (unpaired) electrons. The van der Waals surface area contributed by atoms with Gasteiger partial charge in [0, 0.05) is 34.2 Å². The first-order chi connectivity index (χ1) is 16.1. The maximum Gasteiger partial charge on any atom is 0.303 e. The lowest BCUT2D eigenvalue weighted by Crippen LogP contribution is -2.66. The van der Waals surface area contributed by atoms with Gasteiger partial charge in [-0.25, -0.2) is 0 Å². The van der Waals surface area contributed by atoms with E-state index in [0.29, 0.717) is 6.54 Å². The van der Waals surface area contributed by atoms with E-state index in [1.165, 1.54) is 13.8 Å². The highest BCUT2D eigenvalue weighted by Gasteiger charge is 2.52. The molecular weight excluding hydrogens is 468 g/mol. The van der Waals surface area contributed by atoms with Gasteiger partial charge in [0.2, 0.25) is 0 Å². The van der Waals surface area contributed by atoms with Crippen LogP contribution in [0.1, 0.15) is 33.3 Å². The lowest BCUT2D eigenvalue weighted by molar-refractivity contribution is -0.254. The molecule has 12 heteroatoms. The monoisotopic (exact) mass is 496 g/mol. The van der Waals surface area contributed by atoms with Gasteiger partial charge in [0.25, 0.3) is 0 Å². The van der Waals surface area contributed by atoms with Crippen LogP contribution in [0.2, 0.25) is 0 Å². The van der Waals surface area contributed by atoms with Gasteiger partial charge in [-0.3, -0.25) is 19.2 Å². The summed E-state index contributed by atoms with van der Waals surface area (Å²) in [5.74, 6) is -2.70. The Morgan fingerprint density at radius 3 is 1.97 bits per heavy atom. The standard InChI is InChI=1S/C22H28N2O9S/c1-12(25)29-11-17-18(30-13(2)26)19(31-14(3)27)20(32-15(4)28)21(33-17)24-22(34)23-10-16-8-6-5-7-9-16/h5-9,17-21H,10-11H2,1-4H3,(H2,23,24,34)/t17-,18-,19+,20+,21-/m1/s1. The van der Waals surface area contributed by atoms with Gasteiger partial charge in [0.1, 0.15) is 12.7 Å². The van der Waals surface area contributed by atoms with Crippen molar-refractivity contribution in [1.29, 1.82) is 0 Å². The number of benzene rings is 1. The highest BCUT2D eigenvalue weighted by molar-refractivity contribution is 7.80. The van der Waals surface area contributed by atoms with Crippen LogP contribution < -0.4 is 10.6 Å². The normalized spacial score (nSPS) is 23.7. The zero-order valence-corrected chi connectivity index (χ0v) is 20.1. The van der Waals surface area contributed by atoms with Crippen molar-refractivity contribution in [3.63, 3.8) is 0 Å². The van der Waals surface area contributed by atoms with E-state index in [-0.39, 0.29) is 11.7 Å². The predicted octanol–water partition coefficient (Wildman–Crippen LogP) is 0.734. The second-order valence-electron chi connectivity index (χ2n) is 7.43. The third-order valence-corrected chi connectivity index (χ3v) is 4.82. The van der Waals surface area contributed by atoms with Gasteiger partial charge in [-0.15, -0.1) is 0 Å². The Balaban J connectivity index is 2.29. The summed E-state index contributed by atoms with van der Waals surface area (Å²) in [7, 11) is 0. The molecule has 1 fully saturated rings. The molecule has 186 valence electrons. The van der Waals surface area contributed by atoms with Crippen LogP contribution in [0.5, 0.6) is 0 Å². The van der Waals surface area contributed by atoms with Crippen LogP contribution in [0.4, 0.5) is 0 Å². The molecule has 5 atom stereocenters.